The van der Waals surface area contributed by atoms with E-state index in [1.54, 1.807) is 43.0 Å². The van der Waals surface area contributed by atoms with Crippen LogP contribution in [0.2, 0.25) is 0 Å². The molecule has 0 bridgehead atoms. The Kier molecular flexibility index (Phi) is 6.41. The van der Waals surface area contributed by atoms with Gasteiger partial charge in [0.1, 0.15) is 0 Å². The van der Waals surface area contributed by atoms with Crippen molar-refractivity contribution in [2.24, 2.45) is 5.92 Å². The van der Waals surface area contributed by atoms with Gasteiger partial charge in [-0.25, -0.2) is 4.98 Å². The zero-order valence-electron chi connectivity index (χ0n) is 15.5. The second-order valence-electron chi connectivity index (χ2n) is 7.04. The maximum Gasteiger partial charge on any atom is 0.306 e. The van der Waals surface area contributed by atoms with Crippen LogP contribution in [0, 0.1) is 5.92 Å². The molecular formula is C20H24N4O4. The minimum Gasteiger partial charge on any atom is -0.481 e. The predicted octanol–water partition coefficient (Wildman–Crippen LogP) is 2.29. The zero-order chi connectivity index (χ0) is 19.9. The quantitative estimate of drug-likeness (QED) is 0.678. The Bertz CT molecular complexity index is 826. The highest BCUT2D eigenvalue weighted by atomic mass is 16.4. The molecule has 28 heavy (non-hydrogen) atoms. The van der Waals surface area contributed by atoms with Crippen molar-refractivity contribution in [3.63, 3.8) is 0 Å². The number of hydrogen-bond donors (Lipinski definition) is 3. The number of aryl methyl sites for hydroxylation is 1. The van der Waals surface area contributed by atoms with Gasteiger partial charge in [0.15, 0.2) is 0 Å². The first-order valence-corrected chi connectivity index (χ1v) is 9.40. The summed E-state index contributed by atoms with van der Waals surface area (Å²) in [5.74, 6) is -1.43. The first-order chi connectivity index (χ1) is 13.5. The van der Waals surface area contributed by atoms with Crippen molar-refractivity contribution in [3.05, 3.63) is 48.5 Å². The van der Waals surface area contributed by atoms with Gasteiger partial charge in [0.2, 0.25) is 5.91 Å². The fourth-order valence-electron chi connectivity index (χ4n) is 3.36. The number of carbonyl (C=O) groups excluding carboxylic acids is 2. The second kappa shape index (κ2) is 9.16. The molecular weight excluding hydrogens is 360 g/mol. The van der Waals surface area contributed by atoms with Gasteiger partial charge in [0.25, 0.3) is 5.91 Å². The van der Waals surface area contributed by atoms with E-state index in [2.05, 4.69) is 15.6 Å². The summed E-state index contributed by atoms with van der Waals surface area (Å²) in [6, 6.07) is 6.79. The molecule has 2 amide bonds. The number of nitrogens with one attached hydrogen (secondary N) is 2. The van der Waals surface area contributed by atoms with E-state index in [1.807, 2.05) is 4.57 Å². The molecule has 0 spiro atoms. The maximum absolute atomic E-state index is 12.5. The Hall–Kier alpha value is -3.16. The number of carboxylic acid groups (broad SMARTS) is 1. The highest BCUT2D eigenvalue weighted by Gasteiger charge is 2.26. The largest absolute Gasteiger partial charge is 0.481 e. The zero-order valence-corrected chi connectivity index (χ0v) is 15.5. The van der Waals surface area contributed by atoms with E-state index >= 15 is 0 Å². The third kappa shape index (κ3) is 5.42. The van der Waals surface area contributed by atoms with Crippen molar-refractivity contribution >= 4 is 23.5 Å². The number of anilines is 1. The molecule has 0 atom stereocenters. The molecule has 0 radical (unpaired) electrons. The van der Waals surface area contributed by atoms with Crippen LogP contribution in [-0.2, 0) is 16.1 Å². The maximum atomic E-state index is 12.5. The van der Waals surface area contributed by atoms with Crippen LogP contribution in [0.4, 0.5) is 5.69 Å². The molecule has 1 aromatic carbocycles. The normalized spacial score (nSPS) is 19.0. The fraction of sp³-hybridized carbons (Fsp3) is 0.400. The van der Waals surface area contributed by atoms with Crippen LogP contribution in [0.25, 0.3) is 0 Å². The minimum absolute atomic E-state index is 0.0171. The number of carbonyl (C=O) groups is 3. The highest BCUT2D eigenvalue weighted by molar-refractivity contribution is 5.97. The van der Waals surface area contributed by atoms with Crippen molar-refractivity contribution in [1.29, 1.82) is 0 Å². The summed E-state index contributed by atoms with van der Waals surface area (Å²) in [4.78, 5) is 39.5. The third-order valence-electron chi connectivity index (χ3n) is 4.98. The standard InChI is InChI=1S/C20H24N4O4/c25-18(8-10-24-11-9-21-13-24)22-17-3-1-2-15(12-17)19(26)23-16-6-4-14(5-7-16)20(27)28/h1-3,9,11-14,16H,4-8,10H2,(H,22,25)(H,23,26)(H,27,28). The number of imidazole rings is 1. The molecule has 0 saturated heterocycles. The Balaban J connectivity index is 1.50. The lowest BCUT2D eigenvalue weighted by molar-refractivity contribution is -0.142. The molecule has 1 saturated carbocycles. The Morgan fingerprint density at radius 1 is 1.18 bits per heavy atom. The van der Waals surface area contributed by atoms with Crippen LogP contribution < -0.4 is 10.6 Å². The van der Waals surface area contributed by atoms with E-state index < -0.39 is 5.97 Å². The van der Waals surface area contributed by atoms with Gasteiger partial charge in [0, 0.05) is 42.7 Å². The summed E-state index contributed by atoms with van der Waals surface area (Å²) in [5.41, 5.74) is 1.03. The molecule has 2 aromatic rings. The number of benzene rings is 1. The summed E-state index contributed by atoms with van der Waals surface area (Å²) < 4.78 is 1.82. The predicted molar refractivity (Wildman–Crippen MR) is 103 cm³/mol. The van der Waals surface area contributed by atoms with Gasteiger partial charge in [-0.15, -0.1) is 0 Å². The first-order valence-electron chi connectivity index (χ1n) is 9.40. The van der Waals surface area contributed by atoms with Crippen molar-refractivity contribution in [2.75, 3.05) is 5.32 Å². The van der Waals surface area contributed by atoms with Gasteiger partial charge in [0.05, 0.1) is 12.2 Å². The number of aliphatic carboxylic acids is 1. The smallest absolute Gasteiger partial charge is 0.306 e. The van der Waals surface area contributed by atoms with Gasteiger partial charge in [-0.3, -0.25) is 14.4 Å². The van der Waals surface area contributed by atoms with Crippen LogP contribution >= 0.6 is 0 Å². The molecule has 1 aliphatic rings. The third-order valence-corrected chi connectivity index (χ3v) is 4.98. The molecule has 1 fully saturated rings. The molecule has 1 aliphatic carbocycles. The Morgan fingerprint density at radius 3 is 2.64 bits per heavy atom. The summed E-state index contributed by atoms with van der Waals surface area (Å²) in [6.45, 7) is 0.533. The molecule has 3 rings (SSSR count). The van der Waals surface area contributed by atoms with E-state index in [-0.39, 0.29) is 23.8 Å². The van der Waals surface area contributed by atoms with E-state index in [9.17, 15) is 14.4 Å². The summed E-state index contributed by atoms with van der Waals surface area (Å²) in [5, 5.41) is 14.8. The lowest BCUT2D eigenvalue weighted by atomic mass is 9.86. The summed E-state index contributed by atoms with van der Waals surface area (Å²) in [7, 11) is 0. The van der Waals surface area contributed by atoms with Crippen molar-refractivity contribution in [1.82, 2.24) is 14.9 Å². The molecule has 0 unspecified atom stereocenters. The van der Waals surface area contributed by atoms with Crippen LogP contribution in [0.1, 0.15) is 42.5 Å². The van der Waals surface area contributed by atoms with Gasteiger partial charge in [-0.2, -0.15) is 0 Å². The molecule has 3 N–H and O–H groups in total. The van der Waals surface area contributed by atoms with Gasteiger partial charge in [-0.05, 0) is 43.9 Å². The number of hydrogen-bond acceptors (Lipinski definition) is 4. The molecule has 0 aliphatic heterocycles. The highest BCUT2D eigenvalue weighted by Crippen LogP contribution is 2.24. The monoisotopic (exact) mass is 384 g/mol. The van der Waals surface area contributed by atoms with Crippen molar-refractivity contribution in [3.8, 4) is 0 Å². The molecule has 1 aromatic heterocycles. The Labute approximate surface area is 163 Å². The number of amides is 2. The van der Waals surface area contributed by atoms with Crippen LogP contribution in [0.5, 0.6) is 0 Å². The topological polar surface area (TPSA) is 113 Å². The summed E-state index contributed by atoms with van der Waals surface area (Å²) in [6.07, 6.45) is 7.89. The lowest BCUT2D eigenvalue weighted by Gasteiger charge is -2.26. The average molecular weight is 384 g/mol. The second-order valence-corrected chi connectivity index (χ2v) is 7.04. The van der Waals surface area contributed by atoms with Gasteiger partial charge >= 0.3 is 5.97 Å². The van der Waals surface area contributed by atoms with Crippen LogP contribution in [0.15, 0.2) is 43.0 Å². The van der Waals surface area contributed by atoms with E-state index in [0.29, 0.717) is 49.9 Å². The van der Waals surface area contributed by atoms with Crippen molar-refractivity contribution in [2.45, 2.75) is 44.7 Å². The molecule has 1 heterocycles. The summed E-state index contributed by atoms with van der Waals surface area (Å²) >= 11 is 0. The van der Waals surface area contributed by atoms with E-state index in [1.165, 1.54) is 0 Å². The number of rotatable bonds is 7. The number of nitrogens with zero attached hydrogens (tertiary/aromatic N) is 2. The van der Waals surface area contributed by atoms with Gasteiger partial charge < -0.3 is 20.3 Å². The molecule has 148 valence electrons. The number of carboxylic acids is 1. The van der Waals surface area contributed by atoms with E-state index in [4.69, 9.17) is 5.11 Å². The number of aromatic nitrogens is 2. The minimum atomic E-state index is -0.763. The van der Waals surface area contributed by atoms with E-state index in [0.717, 1.165) is 0 Å². The Morgan fingerprint density at radius 2 is 1.96 bits per heavy atom. The average Bonchev–Trinajstić information content (AvgIpc) is 3.21. The van der Waals surface area contributed by atoms with Crippen LogP contribution in [0.3, 0.4) is 0 Å². The van der Waals surface area contributed by atoms with Crippen LogP contribution in [-0.4, -0.2) is 38.5 Å². The SMILES string of the molecule is O=C(CCn1ccnc1)Nc1cccc(C(=O)NC2CCC(C(=O)O)CC2)c1. The molecule has 8 nitrogen and oxygen atoms in total. The fourth-order valence-corrected chi connectivity index (χ4v) is 3.36. The van der Waals surface area contributed by atoms with Crippen molar-refractivity contribution < 1.29 is 19.5 Å². The van der Waals surface area contributed by atoms with Gasteiger partial charge in [-0.1, -0.05) is 6.07 Å². The first kappa shape index (κ1) is 19.6. The lowest BCUT2D eigenvalue weighted by Crippen LogP contribution is -2.38. The molecule has 8 heteroatoms.